The van der Waals surface area contributed by atoms with E-state index in [2.05, 4.69) is 4.99 Å². The summed E-state index contributed by atoms with van der Waals surface area (Å²) in [5.74, 6) is -0.520. The van der Waals surface area contributed by atoms with E-state index in [9.17, 15) is 9.59 Å². The number of rotatable bonds is 11. The minimum Gasteiger partial charge on any atom is -0.468 e. The van der Waals surface area contributed by atoms with Crippen molar-refractivity contribution in [1.29, 1.82) is 0 Å². The lowest BCUT2D eigenvalue weighted by Gasteiger charge is -2.38. The van der Waals surface area contributed by atoms with Crippen molar-refractivity contribution >= 4 is 29.7 Å². The Balaban J connectivity index is 2.44. The molecule has 1 unspecified atom stereocenters. The molecule has 0 aliphatic carbocycles. The monoisotopic (exact) mass is 538 g/mol. The van der Waals surface area contributed by atoms with Crippen molar-refractivity contribution in [3.8, 4) is 0 Å². The molecule has 2 rings (SSSR count). The van der Waals surface area contributed by atoms with Crippen molar-refractivity contribution in [1.82, 2.24) is 9.80 Å². The van der Waals surface area contributed by atoms with Crippen LogP contribution in [0.3, 0.4) is 0 Å². The zero-order valence-corrected chi connectivity index (χ0v) is 23.3. The van der Waals surface area contributed by atoms with Gasteiger partial charge in [0.2, 0.25) is 0 Å². The Hall–Kier alpha value is -2.82. The fourth-order valence-corrected chi connectivity index (χ4v) is 4.02. The van der Waals surface area contributed by atoms with Crippen LogP contribution in [0.15, 0.2) is 40.5 Å². The third-order valence-electron chi connectivity index (χ3n) is 5.35. The van der Waals surface area contributed by atoms with E-state index >= 15 is 0 Å². The van der Waals surface area contributed by atoms with Gasteiger partial charge in [-0.15, -0.1) is 0 Å². The van der Waals surface area contributed by atoms with Crippen LogP contribution in [0.2, 0.25) is 5.02 Å². The van der Waals surface area contributed by atoms with Crippen LogP contribution in [0.4, 0.5) is 4.79 Å². The Bertz CT molecular complexity index is 992. The number of hydrogen-bond donors (Lipinski definition) is 1. The summed E-state index contributed by atoms with van der Waals surface area (Å²) in [6, 6.07) is 6.92. The quantitative estimate of drug-likeness (QED) is 0.334. The third kappa shape index (κ3) is 8.62. The second-order valence-electron chi connectivity index (χ2n) is 9.39. The summed E-state index contributed by atoms with van der Waals surface area (Å²) < 4.78 is 22.2. The van der Waals surface area contributed by atoms with Crippen LogP contribution in [-0.2, 0) is 23.7 Å². The molecule has 1 aromatic rings. The Morgan fingerprint density at radius 2 is 1.95 bits per heavy atom. The summed E-state index contributed by atoms with van der Waals surface area (Å²) in [5.41, 5.74) is 6.37. The molecule has 1 heterocycles. The molecule has 10 nitrogen and oxygen atoms in total. The van der Waals surface area contributed by atoms with E-state index in [1.807, 2.05) is 43.9 Å². The van der Waals surface area contributed by atoms with Gasteiger partial charge in [0.15, 0.2) is 0 Å². The zero-order valence-electron chi connectivity index (χ0n) is 22.6. The van der Waals surface area contributed by atoms with E-state index < -0.39 is 23.7 Å². The number of halogens is 1. The molecule has 1 aliphatic heterocycles. The van der Waals surface area contributed by atoms with Gasteiger partial charge in [-0.3, -0.25) is 0 Å². The van der Waals surface area contributed by atoms with Gasteiger partial charge in [0.25, 0.3) is 6.02 Å². The number of methoxy groups -OCH3 is 1. The van der Waals surface area contributed by atoms with Gasteiger partial charge in [0.1, 0.15) is 5.60 Å². The number of ether oxygens (including phenoxy) is 4. The first-order valence-corrected chi connectivity index (χ1v) is 12.7. The predicted molar refractivity (Wildman–Crippen MR) is 142 cm³/mol. The van der Waals surface area contributed by atoms with Crippen LogP contribution in [0.5, 0.6) is 0 Å². The van der Waals surface area contributed by atoms with Gasteiger partial charge in [-0.1, -0.05) is 29.8 Å². The van der Waals surface area contributed by atoms with Crippen LogP contribution in [0, 0.1) is 0 Å². The number of nitrogens with two attached hydrogens (primary N) is 1. The molecule has 0 aromatic heterocycles. The van der Waals surface area contributed by atoms with E-state index in [1.165, 1.54) is 12.0 Å². The number of amides is 1. The van der Waals surface area contributed by atoms with Crippen LogP contribution in [0.1, 0.15) is 45.7 Å². The normalized spacial score (nSPS) is 15.8. The fourth-order valence-electron chi connectivity index (χ4n) is 3.78. The number of carbonyl (C=O) groups is 2. The molecule has 37 heavy (non-hydrogen) atoms. The van der Waals surface area contributed by atoms with Gasteiger partial charge in [-0.05, 0) is 45.7 Å². The third-order valence-corrected chi connectivity index (χ3v) is 5.69. The second-order valence-corrected chi connectivity index (χ2v) is 9.80. The number of aliphatic imine (C=N–C) groups is 1. The van der Waals surface area contributed by atoms with Gasteiger partial charge in [0, 0.05) is 31.7 Å². The highest BCUT2D eigenvalue weighted by Crippen LogP contribution is 2.39. The fraction of sp³-hybridized carbons (Fsp3) is 0.577. The van der Waals surface area contributed by atoms with Crippen molar-refractivity contribution in [3.63, 3.8) is 0 Å². The number of benzene rings is 1. The maximum Gasteiger partial charge on any atom is 0.410 e. The predicted octanol–water partition coefficient (Wildman–Crippen LogP) is 3.75. The van der Waals surface area contributed by atoms with Crippen molar-refractivity contribution in [2.45, 2.75) is 45.8 Å². The maximum absolute atomic E-state index is 13.3. The van der Waals surface area contributed by atoms with Gasteiger partial charge in [-0.2, -0.15) is 4.99 Å². The molecule has 1 atom stereocenters. The summed E-state index contributed by atoms with van der Waals surface area (Å²) in [6.07, 6.45) is 0.120. The van der Waals surface area contributed by atoms with Gasteiger partial charge < -0.3 is 34.5 Å². The second kappa shape index (κ2) is 14.2. The summed E-state index contributed by atoms with van der Waals surface area (Å²) in [6.45, 7) is 8.87. The summed E-state index contributed by atoms with van der Waals surface area (Å²) >= 11 is 6.62. The van der Waals surface area contributed by atoms with Crippen molar-refractivity contribution in [3.05, 3.63) is 46.1 Å². The molecular formula is C26H39ClN4O6. The van der Waals surface area contributed by atoms with E-state index in [4.69, 9.17) is 36.3 Å². The average molecular weight is 539 g/mol. The van der Waals surface area contributed by atoms with E-state index in [0.29, 0.717) is 60.5 Å². The SMILES string of the molecule is CCOC(=O)C1=C(COCCN)N=C(OC)N(CCCN(C)C(=O)OC(C)(C)C)C1c1ccccc1Cl. The van der Waals surface area contributed by atoms with E-state index in [-0.39, 0.29) is 13.2 Å². The molecule has 1 aromatic carbocycles. The number of nitrogens with zero attached hydrogens (tertiary/aromatic N) is 3. The van der Waals surface area contributed by atoms with Crippen LogP contribution < -0.4 is 5.73 Å². The maximum atomic E-state index is 13.3. The molecular weight excluding hydrogens is 500 g/mol. The summed E-state index contributed by atoms with van der Waals surface area (Å²) in [7, 11) is 3.19. The summed E-state index contributed by atoms with van der Waals surface area (Å²) in [4.78, 5) is 33.6. The van der Waals surface area contributed by atoms with Crippen molar-refractivity contribution in [2.75, 3.05) is 53.6 Å². The molecule has 0 saturated heterocycles. The lowest BCUT2D eigenvalue weighted by Crippen LogP contribution is -2.44. The molecule has 0 saturated carbocycles. The highest BCUT2D eigenvalue weighted by molar-refractivity contribution is 6.31. The number of carbonyl (C=O) groups excluding carboxylic acids is 2. The largest absolute Gasteiger partial charge is 0.468 e. The Morgan fingerprint density at radius 1 is 1.24 bits per heavy atom. The Morgan fingerprint density at radius 3 is 2.54 bits per heavy atom. The van der Waals surface area contributed by atoms with Crippen LogP contribution in [-0.4, -0.2) is 87.1 Å². The minimum atomic E-state index is -0.650. The molecule has 0 bridgehead atoms. The topological polar surface area (TPSA) is 116 Å². The lowest BCUT2D eigenvalue weighted by atomic mass is 9.93. The smallest absolute Gasteiger partial charge is 0.410 e. The Kier molecular flexibility index (Phi) is 11.7. The molecule has 2 N–H and O–H groups in total. The molecule has 206 valence electrons. The molecule has 1 amide bonds. The first-order chi connectivity index (χ1) is 17.5. The standard InChI is InChI=1S/C26H39ClN4O6/c1-7-36-23(32)21-20(17-35-16-13-28)29-24(34-6)31(22(21)18-11-8-9-12-19(18)27)15-10-14-30(5)25(33)37-26(2,3)4/h8-9,11-12,22H,7,10,13-17,28H2,1-6H3. The molecule has 1 aliphatic rings. The lowest BCUT2D eigenvalue weighted by molar-refractivity contribution is -0.139. The van der Waals surface area contributed by atoms with Gasteiger partial charge in [0.05, 0.1) is 44.2 Å². The first-order valence-electron chi connectivity index (χ1n) is 12.3. The van der Waals surface area contributed by atoms with Crippen molar-refractivity contribution in [2.24, 2.45) is 10.7 Å². The van der Waals surface area contributed by atoms with Crippen molar-refractivity contribution < 1.29 is 28.5 Å². The Labute approximate surface area is 224 Å². The molecule has 11 heteroatoms. The molecule has 0 spiro atoms. The average Bonchev–Trinajstić information content (AvgIpc) is 2.83. The van der Waals surface area contributed by atoms with Gasteiger partial charge >= 0.3 is 12.1 Å². The minimum absolute atomic E-state index is 0.0500. The zero-order chi connectivity index (χ0) is 27.6. The number of amidine groups is 1. The van der Waals surface area contributed by atoms with E-state index in [0.717, 1.165) is 0 Å². The number of esters is 1. The van der Waals surface area contributed by atoms with Gasteiger partial charge in [-0.25, -0.2) is 9.59 Å². The molecule has 0 radical (unpaired) electrons. The van der Waals surface area contributed by atoms with E-state index in [1.54, 1.807) is 20.0 Å². The summed E-state index contributed by atoms with van der Waals surface area (Å²) in [5, 5.41) is 0.477. The van der Waals surface area contributed by atoms with Crippen LogP contribution >= 0.6 is 11.6 Å². The highest BCUT2D eigenvalue weighted by Gasteiger charge is 2.39. The first kappa shape index (κ1) is 30.4. The number of hydrogen-bond acceptors (Lipinski definition) is 9. The van der Waals surface area contributed by atoms with Crippen LogP contribution in [0.25, 0.3) is 0 Å². The molecule has 0 fully saturated rings. The highest BCUT2D eigenvalue weighted by atomic mass is 35.5.